The molecular weight excluding hydrogens is 582 g/mol. The van der Waals surface area contributed by atoms with Crippen molar-refractivity contribution in [2.24, 2.45) is 17.8 Å². The van der Waals surface area contributed by atoms with E-state index in [0.717, 1.165) is 22.0 Å². The number of amides is 3. The molecule has 8 heteroatoms. The van der Waals surface area contributed by atoms with Gasteiger partial charge in [-0.2, -0.15) is 0 Å². The molecule has 3 amide bonds. The molecule has 2 saturated heterocycles. The van der Waals surface area contributed by atoms with E-state index in [9.17, 15) is 19.5 Å². The topological polar surface area (TPSA) is 81.2 Å². The van der Waals surface area contributed by atoms with Crippen molar-refractivity contribution in [3.63, 3.8) is 0 Å². The molecule has 6 atom stereocenters. The number of carbonyl (C=O) groups is 3. The normalized spacial score (nSPS) is 28.4. The summed E-state index contributed by atoms with van der Waals surface area (Å²) in [6.45, 7) is 5.15. The molecule has 7 nitrogen and oxygen atoms in total. The first-order valence-corrected chi connectivity index (χ1v) is 16.8. The number of thioether (sulfide) groups is 1. The first kappa shape index (κ1) is 29.8. The summed E-state index contributed by atoms with van der Waals surface area (Å²) in [6, 6.07) is 22.6. The molecule has 1 spiro atoms. The molecule has 0 bridgehead atoms. The summed E-state index contributed by atoms with van der Waals surface area (Å²) < 4.78 is -0.935. The maximum Gasteiger partial charge on any atom is 0.251 e. The zero-order valence-corrected chi connectivity index (χ0v) is 26.5. The van der Waals surface area contributed by atoms with Gasteiger partial charge >= 0.3 is 0 Å². The summed E-state index contributed by atoms with van der Waals surface area (Å²) in [5, 5.41) is 12.5. The summed E-state index contributed by atoms with van der Waals surface area (Å²) >= 11 is 1.58. The van der Waals surface area contributed by atoms with E-state index in [2.05, 4.69) is 19.9 Å². The first-order valence-electron chi connectivity index (χ1n) is 15.9. The van der Waals surface area contributed by atoms with Gasteiger partial charge in [-0.05, 0) is 40.8 Å². The van der Waals surface area contributed by atoms with Crippen molar-refractivity contribution in [2.75, 3.05) is 24.6 Å². The Morgan fingerprint density at radius 3 is 2.40 bits per heavy atom. The van der Waals surface area contributed by atoms with Crippen molar-refractivity contribution in [1.82, 2.24) is 9.80 Å². The van der Waals surface area contributed by atoms with Gasteiger partial charge in [0.25, 0.3) is 5.91 Å². The summed E-state index contributed by atoms with van der Waals surface area (Å²) in [6.07, 6.45) is 8.71. The van der Waals surface area contributed by atoms with Crippen LogP contribution < -0.4 is 4.90 Å². The lowest BCUT2D eigenvalue weighted by Gasteiger charge is -2.39. The Hall–Kier alpha value is -3.88. The summed E-state index contributed by atoms with van der Waals surface area (Å²) in [7, 11) is 0. The molecule has 3 aromatic rings. The van der Waals surface area contributed by atoms with Crippen molar-refractivity contribution < 1.29 is 19.5 Å². The minimum atomic E-state index is -0.935. The predicted octanol–water partition coefficient (Wildman–Crippen LogP) is 5.05. The zero-order chi connectivity index (χ0) is 31.3. The van der Waals surface area contributed by atoms with E-state index in [1.807, 2.05) is 95.9 Å². The number of nitrogens with zero attached hydrogens (tertiary/aromatic N) is 3. The molecule has 1 unspecified atom stereocenters. The number of aliphatic hydroxyl groups is 1. The number of fused-ring (bicyclic) bond motifs is 3. The van der Waals surface area contributed by atoms with E-state index in [-0.39, 0.29) is 35.5 Å². The van der Waals surface area contributed by atoms with Crippen LogP contribution in [-0.2, 0) is 20.9 Å². The van der Waals surface area contributed by atoms with Crippen LogP contribution in [0.25, 0.3) is 10.8 Å². The second kappa shape index (κ2) is 11.8. The van der Waals surface area contributed by atoms with Gasteiger partial charge in [-0.3, -0.25) is 14.4 Å². The number of rotatable bonds is 7. The molecule has 1 N–H and O–H groups in total. The Kier molecular flexibility index (Phi) is 7.82. The van der Waals surface area contributed by atoms with E-state index in [1.165, 1.54) is 0 Å². The second-order valence-electron chi connectivity index (χ2n) is 13.1. The number of hydrogen-bond donors (Lipinski definition) is 1. The molecule has 0 saturated carbocycles. The van der Waals surface area contributed by atoms with Gasteiger partial charge < -0.3 is 19.8 Å². The largest absolute Gasteiger partial charge is 0.394 e. The van der Waals surface area contributed by atoms with Gasteiger partial charge in [-0.15, -0.1) is 11.8 Å². The third kappa shape index (κ3) is 4.99. The SMILES string of the molecule is CC(C)C[C@H](CO)N1C(=O)[C@@H]2[C@H]3C(=O)N(Cc4ccccc4)CC=C[C@H]3S[C@@]23C=CCN(c2ccc4ccccc4c2)C(=O)C13. The van der Waals surface area contributed by atoms with Crippen LogP contribution in [0.15, 0.2) is 97.1 Å². The lowest BCUT2D eigenvalue weighted by Crippen LogP contribution is -2.57. The quantitative estimate of drug-likeness (QED) is 0.374. The number of anilines is 1. The Bertz CT molecular complexity index is 1690. The van der Waals surface area contributed by atoms with Crippen LogP contribution in [0.4, 0.5) is 5.69 Å². The summed E-state index contributed by atoms with van der Waals surface area (Å²) in [5.41, 5.74) is 1.80. The predicted molar refractivity (Wildman–Crippen MR) is 178 cm³/mol. The van der Waals surface area contributed by atoms with Gasteiger partial charge in [0.15, 0.2) is 0 Å². The summed E-state index contributed by atoms with van der Waals surface area (Å²) in [4.78, 5) is 49.4. The van der Waals surface area contributed by atoms with E-state index in [4.69, 9.17) is 0 Å². The molecule has 7 rings (SSSR count). The van der Waals surface area contributed by atoms with E-state index in [1.54, 1.807) is 21.6 Å². The molecule has 3 aromatic carbocycles. The van der Waals surface area contributed by atoms with Crippen LogP contribution in [0.5, 0.6) is 0 Å². The zero-order valence-electron chi connectivity index (χ0n) is 25.7. The van der Waals surface area contributed by atoms with Gasteiger partial charge in [0, 0.05) is 30.6 Å². The third-order valence-electron chi connectivity index (χ3n) is 9.79. The van der Waals surface area contributed by atoms with Crippen molar-refractivity contribution in [1.29, 1.82) is 0 Å². The molecule has 2 fully saturated rings. The molecule has 4 aliphatic rings. The number of aliphatic hydroxyl groups excluding tert-OH is 1. The van der Waals surface area contributed by atoms with Crippen LogP contribution in [0.3, 0.4) is 0 Å². The molecule has 0 radical (unpaired) electrons. The van der Waals surface area contributed by atoms with Crippen LogP contribution in [-0.4, -0.2) is 74.4 Å². The summed E-state index contributed by atoms with van der Waals surface area (Å²) in [5.74, 6) is -1.57. The highest BCUT2D eigenvalue weighted by Gasteiger charge is 2.71. The number of hydrogen-bond acceptors (Lipinski definition) is 5. The number of carbonyl (C=O) groups excluding carboxylic acids is 3. The van der Waals surface area contributed by atoms with Gasteiger partial charge in [-0.25, -0.2) is 0 Å². The highest BCUT2D eigenvalue weighted by molar-refractivity contribution is 8.02. The van der Waals surface area contributed by atoms with Crippen LogP contribution >= 0.6 is 11.8 Å². The Morgan fingerprint density at radius 2 is 1.64 bits per heavy atom. The maximum atomic E-state index is 14.9. The molecule has 232 valence electrons. The van der Waals surface area contributed by atoms with E-state index >= 15 is 0 Å². The van der Waals surface area contributed by atoms with Crippen molar-refractivity contribution in [3.8, 4) is 0 Å². The molecule has 0 aliphatic carbocycles. The Labute approximate surface area is 268 Å². The fourth-order valence-corrected chi connectivity index (χ4v) is 9.86. The monoisotopic (exact) mass is 621 g/mol. The lowest BCUT2D eigenvalue weighted by atomic mass is 9.78. The van der Waals surface area contributed by atoms with Crippen molar-refractivity contribution in [2.45, 2.75) is 48.9 Å². The standard InChI is InChI=1S/C37H39N3O4S/c1-24(2)20-29(23-41)40-33-36(44)39(28-16-15-26-12-6-7-13-27(26)21-28)19-9-17-37(33)32(35(40)43)31-30(45-37)14-8-18-38(34(31)42)22-25-10-4-3-5-11-25/h3-17,21,24,29-33,41H,18-20,22-23H2,1-2H3/t29-,30-,31+,32+,33?,37+/m1/s1. The van der Waals surface area contributed by atoms with Gasteiger partial charge in [-0.1, -0.05) is 98.8 Å². The minimum absolute atomic E-state index is 0.0573. The van der Waals surface area contributed by atoms with Crippen LogP contribution in [0, 0.1) is 17.8 Å². The van der Waals surface area contributed by atoms with Crippen LogP contribution in [0.2, 0.25) is 0 Å². The van der Waals surface area contributed by atoms with Crippen LogP contribution in [0.1, 0.15) is 25.8 Å². The lowest BCUT2D eigenvalue weighted by molar-refractivity contribution is -0.145. The Morgan fingerprint density at radius 1 is 0.889 bits per heavy atom. The van der Waals surface area contributed by atoms with Gasteiger partial charge in [0.05, 0.1) is 29.2 Å². The van der Waals surface area contributed by atoms with Crippen molar-refractivity contribution >= 4 is 45.9 Å². The molecule has 45 heavy (non-hydrogen) atoms. The molecule has 4 aliphatic heterocycles. The first-order chi connectivity index (χ1) is 21.8. The highest BCUT2D eigenvalue weighted by Crippen LogP contribution is 2.61. The Balaban J connectivity index is 1.31. The molecular formula is C37H39N3O4S. The van der Waals surface area contributed by atoms with E-state index in [0.29, 0.717) is 26.1 Å². The fourth-order valence-electron chi connectivity index (χ4n) is 7.86. The molecule has 0 aromatic heterocycles. The second-order valence-corrected chi connectivity index (χ2v) is 14.6. The smallest absolute Gasteiger partial charge is 0.251 e. The van der Waals surface area contributed by atoms with Crippen molar-refractivity contribution in [3.05, 3.63) is 103 Å². The third-order valence-corrected chi connectivity index (χ3v) is 11.5. The number of likely N-dealkylation sites (tertiary alicyclic amines) is 1. The molecule has 4 heterocycles. The maximum absolute atomic E-state index is 14.9. The van der Waals surface area contributed by atoms with Gasteiger partial charge in [0.2, 0.25) is 11.8 Å². The van der Waals surface area contributed by atoms with E-state index < -0.39 is 28.7 Å². The van der Waals surface area contributed by atoms with Gasteiger partial charge in [0.1, 0.15) is 6.04 Å². The minimum Gasteiger partial charge on any atom is -0.394 e. The highest BCUT2D eigenvalue weighted by atomic mass is 32.2. The number of benzene rings is 3. The fraction of sp³-hybridized carbons (Fsp3) is 0.378. The average molecular weight is 622 g/mol. The average Bonchev–Trinajstić information content (AvgIpc) is 3.37.